The number of Topliss-reactive ketones (excluding diaryl/α,β-unsaturated/α-hetero) is 1. The lowest BCUT2D eigenvalue weighted by molar-refractivity contribution is -0.119. The number of hydrogen-bond acceptors (Lipinski definition) is 2. The summed E-state index contributed by atoms with van der Waals surface area (Å²) >= 11 is 25.2. The standard InChI is InChI=1S/C17H15Cl4NO2/c1-16(2,3)17(21)13(20)12(10(18)11(19)14(17)23)22-15(24)9-7-5-4-6-8-9/h4-8,13H,1-3H3. The molecule has 0 N–H and O–H groups in total. The second-order valence-corrected chi connectivity index (χ2v) is 8.24. The van der Waals surface area contributed by atoms with E-state index < -0.39 is 27.4 Å². The van der Waals surface area contributed by atoms with Crippen LogP contribution in [0, 0.1) is 5.41 Å². The largest absolute Gasteiger partial charge is 0.291 e. The highest BCUT2D eigenvalue weighted by Crippen LogP contribution is 2.49. The van der Waals surface area contributed by atoms with Crippen LogP contribution < -0.4 is 0 Å². The fourth-order valence-corrected chi connectivity index (χ4v) is 3.74. The van der Waals surface area contributed by atoms with Gasteiger partial charge >= 0.3 is 0 Å². The lowest BCUT2D eigenvalue weighted by Gasteiger charge is -2.43. The van der Waals surface area contributed by atoms with Gasteiger partial charge in [-0.1, -0.05) is 62.2 Å². The van der Waals surface area contributed by atoms with Crippen LogP contribution in [-0.2, 0) is 4.79 Å². The highest BCUT2D eigenvalue weighted by molar-refractivity contribution is 6.65. The van der Waals surface area contributed by atoms with Crippen molar-refractivity contribution in [2.75, 3.05) is 0 Å². The van der Waals surface area contributed by atoms with Gasteiger partial charge in [-0.3, -0.25) is 9.59 Å². The van der Waals surface area contributed by atoms with Crippen LogP contribution in [0.2, 0.25) is 0 Å². The normalized spacial score (nSPS) is 26.9. The van der Waals surface area contributed by atoms with Gasteiger partial charge in [-0.15, -0.1) is 23.2 Å². The lowest BCUT2D eigenvalue weighted by Crippen LogP contribution is -2.57. The summed E-state index contributed by atoms with van der Waals surface area (Å²) < 4.78 is 0. The molecule has 7 heteroatoms. The molecule has 2 unspecified atom stereocenters. The van der Waals surface area contributed by atoms with Crippen LogP contribution in [-0.4, -0.2) is 27.7 Å². The maximum Gasteiger partial charge on any atom is 0.277 e. The second-order valence-electron chi connectivity index (χ2n) is 6.45. The van der Waals surface area contributed by atoms with E-state index in [9.17, 15) is 9.59 Å². The summed E-state index contributed by atoms with van der Waals surface area (Å²) in [4.78, 5) is 27.4. The number of amides is 1. The van der Waals surface area contributed by atoms with Crippen molar-refractivity contribution in [3.63, 3.8) is 0 Å². The average molecular weight is 407 g/mol. The second kappa shape index (κ2) is 6.80. The van der Waals surface area contributed by atoms with Crippen LogP contribution in [0.25, 0.3) is 0 Å². The quantitative estimate of drug-likeness (QED) is 0.603. The van der Waals surface area contributed by atoms with E-state index >= 15 is 0 Å². The molecule has 0 fully saturated rings. The molecule has 0 aromatic heterocycles. The predicted octanol–water partition coefficient (Wildman–Crippen LogP) is 5.17. The van der Waals surface area contributed by atoms with Gasteiger partial charge in [0, 0.05) is 5.56 Å². The van der Waals surface area contributed by atoms with E-state index in [2.05, 4.69) is 4.99 Å². The van der Waals surface area contributed by atoms with Gasteiger partial charge in [0.15, 0.2) is 5.78 Å². The third-order valence-corrected chi connectivity index (χ3v) is 6.31. The molecule has 2 atom stereocenters. The Balaban J connectivity index is 2.59. The number of carbonyl (C=O) groups excluding carboxylic acids is 2. The Hall–Kier alpha value is -0.870. The smallest absolute Gasteiger partial charge is 0.277 e. The number of rotatable bonds is 1. The SMILES string of the molecule is CC(C)(C)C1(Cl)C(=O)C(Cl)=C(Cl)C(=NC(=O)c2ccccc2)C1Cl. The topological polar surface area (TPSA) is 46.5 Å². The van der Waals surface area contributed by atoms with E-state index in [1.807, 2.05) is 0 Å². The molecule has 0 spiro atoms. The summed E-state index contributed by atoms with van der Waals surface area (Å²) in [6.45, 7) is 5.27. The van der Waals surface area contributed by atoms with Gasteiger partial charge in [0.05, 0.1) is 10.7 Å². The average Bonchev–Trinajstić information content (AvgIpc) is 2.54. The molecule has 1 aliphatic carbocycles. The minimum absolute atomic E-state index is 0.00158. The van der Waals surface area contributed by atoms with Crippen molar-refractivity contribution in [1.29, 1.82) is 0 Å². The Morgan fingerprint density at radius 1 is 1.12 bits per heavy atom. The highest BCUT2D eigenvalue weighted by atomic mass is 35.5. The van der Waals surface area contributed by atoms with Crippen LogP contribution in [0.3, 0.4) is 0 Å². The van der Waals surface area contributed by atoms with Gasteiger partial charge in [-0.2, -0.15) is 0 Å². The predicted molar refractivity (Wildman–Crippen MR) is 99.6 cm³/mol. The van der Waals surface area contributed by atoms with E-state index in [0.29, 0.717) is 5.56 Å². The maximum absolute atomic E-state index is 12.6. The van der Waals surface area contributed by atoms with E-state index in [-0.39, 0.29) is 15.8 Å². The van der Waals surface area contributed by atoms with Crippen molar-refractivity contribution in [3.8, 4) is 0 Å². The number of allylic oxidation sites excluding steroid dienone is 2. The number of halogens is 4. The zero-order valence-corrected chi connectivity index (χ0v) is 16.3. The third-order valence-electron chi connectivity index (χ3n) is 3.87. The first kappa shape index (κ1) is 19.5. The van der Waals surface area contributed by atoms with E-state index in [1.54, 1.807) is 51.1 Å². The van der Waals surface area contributed by atoms with E-state index in [1.165, 1.54) is 0 Å². The van der Waals surface area contributed by atoms with Crippen molar-refractivity contribution in [3.05, 3.63) is 46.0 Å². The minimum Gasteiger partial charge on any atom is -0.291 e. The maximum atomic E-state index is 12.6. The highest BCUT2D eigenvalue weighted by Gasteiger charge is 2.58. The number of nitrogens with zero attached hydrogens (tertiary/aromatic N) is 1. The van der Waals surface area contributed by atoms with Crippen LogP contribution in [0.4, 0.5) is 0 Å². The third kappa shape index (κ3) is 3.15. The van der Waals surface area contributed by atoms with Crippen molar-refractivity contribution in [2.24, 2.45) is 10.4 Å². The number of hydrogen-bond donors (Lipinski definition) is 0. The summed E-state index contributed by atoms with van der Waals surface area (Å²) in [7, 11) is 0. The van der Waals surface area contributed by atoms with E-state index in [0.717, 1.165) is 0 Å². The number of aliphatic imine (C=N–C) groups is 1. The summed E-state index contributed by atoms with van der Waals surface area (Å²) in [5.41, 5.74) is -0.379. The van der Waals surface area contributed by atoms with Gasteiger partial charge in [0.2, 0.25) is 0 Å². The molecule has 1 amide bonds. The Morgan fingerprint density at radius 2 is 1.67 bits per heavy atom. The molecular formula is C17H15Cl4NO2. The molecule has 0 saturated heterocycles. The molecule has 0 saturated carbocycles. The molecule has 24 heavy (non-hydrogen) atoms. The zero-order chi connectivity index (χ0) is 18.3. The number of alkyl halides is 2. The molecular weight excluding hydrogens is 392 g/mol. The minimum atomic E-state index is -1.57. The summed E-state index contributed by atoms with van der Waals surface area (Å²) in [6, 6.07) is 8.42. The zero-order valence-electron chi connectivity index (χ0n) is 13.2. The van der Waals surface area contributed by atoms with Crippen molar-refractivity contribution < 1.29 is 9.59 Å². The molecule has 0 aliphatic heterocycles. The molecule has 1 aromatic carbocycles. The van der Waals surface area contributed by atoms with Crippen LogP contribution in [0.5, 0.6) is 0 Å². The molecule has 2 rings (SSSR count). The van der Waals surface area contributed by atoms with E-state index in [4.69, 9.17) is 46.4 Å². The fraction of sp³-hybridized carbons (Fsp3) is 0.353. The molecule has 0 bridgehead atoms. The number of carbonyl (C=O) groups is 2. The van der Waals surface area contributed by atoms with Gasteiger partial charge < -0.3 is 0 Å². The molecule has 1 aromatic rings. The summed E-state index contributed by atoms with van der Waals surface area (Å²) in [6.07, 6.45) is 0. The number of ketones is 1. The lowest BCUT2D eigenvalue weighted by atomic mass is 9.71. The summed E-state index contributed by atoms with van der Waals surface area (Å²) in [5.74, 6) is -1.12. The molecule has 0 heterocycles. The van der Waals surface area contributed by atoms with Crippen molar-refractivity contribution in [1.82, 2.24) is 0 Å². The van der Waals surface area contributed by atoms with Crippen LogP contribution in [0.1, 0.15) is 31.1 Å². The molecule has 1 aliphatic rings. The Kier molecular flexibility index (Phi) is 5.51. The van der Waals surface area contributed by atoms with Crippen molar-refractivity contribution in [2.45, 2.75) is 31.0 Å². The molecule has 128 valence electrons. The number of benzene rings is 1. The first-order valence-electron chi connectivity index (χ1n) is 7.13. The Bertz CT molecular complexity index is 750. The van der Waals surface area contributed by atoms with Gasteiger partial charge in [-0.05, 0) is 17.5 Å². The Morgan fingerprint density at radius 3 is 2.17 bits per heavy atom. The monoisotopic (exact) mass is 405 g/mol. The first-order valence-corrected chi connectivity index (χ1v) is 8.70. The molecule has 3 nitrogen and oxygen atoms in total. The molecule has 0 radical (unpaired) electrons. The van der Waals surface area contributed by atoms with Crippen LogP contribution >= 0.6 is 46.4 Å². The van der Waals surface area contributed by atoms with Gasteiger partial charge in [-0.25, -0.2) is 4.99 Å². The first-order chi connectivity index (χ1) is 11.0. The van der Waals surface area contributed by atoms with Crippen molar-refractivity contribution >= 4 is 63.8 Å². The fourth-order valence-electron chi connectivity index (χ4n) is 2.37. The van der Waals surface area contributed by atoms with Crippen LogP contribution in [0.15, 0.2) is 45.4 Å². The van der Waals surface area contributed by atoms with Gasteiger partial charge in [0.25, 0.3) is 5.91 Å². The Labute approximate surface area is 160 Å². The summed E-state index contributed by atoms with van der Waals surface area (Å²) in [5, 5.41) is -1.51. The van der Waals surface area contributed by atoms with Gasteiger partial charge in [0.1, 0.15) is 15.3 Å².